The molecule has 1 atom stereocenters. The molecule has 0 aromatic heterocycles. The van der Waals surface area contributed by atoms with Crippen molar-refractivity contribution in [3.8, 4) is 0 Å². The molecule has 0 aliphatic carbocycles. The van der Waals surface area contributed by atoms with Gasteiger partial charge in [0.1, 0.15) is 0 Å². The molecule has 0 radical (unpaired) electrons. The maximum Gasteiger partial charge on any atom is 0.0985 e. The van der Waals surface area contributed by atoms with Gasteiger partial charge >= 0.3 is 0 Å². The average molecular weight is 188 g/mol. The molecule has 0 bridgehead atoms. The van der Waals surface area contributed by atoms with Crippen LogP contribution in [0.2, 0.25) is 0 Å². The zero-order valence-corrected chi connectivity index (χ0v) is 7.77. The monoisotopic (exact) mass is 188 g/mol. The second-order valence-corrected chi connectivity index (χ2v) is 3.50. The summed E-state index contributed by atoms with van der Waals surface area (Å²) in [5, 5.41) is 0. The number of rotatable bonds is 0. The van der Waals surface area contributed by atoms with E-state index in [-0.39, 0.29) is 0 Å². The first-order valence-electron chi connectivity index (χ1n) is 4.82. The quantitative estimate of drug-likeness (QED) is 0.638. The van der Waals surface area contributed by atoms with Crippen LogP contribution in [-0.4, -0.2) is 19.0 Å². The SMILES string of the molecule is C1=Nc2ccccc2N2CNNC2C1. The van der Waals surface area contributed by atoms with Crippen molar-refractivity contribution in [2.24, 2.45) is 4.99 Å². The minimum atomic E-state index is 0.336. The molecule has 0 amide bonds. The van der Waals surface area contributed by atoms with Crippen LogP contribution >= 0.6 is 0 Å². The lowest BCUT2D eigenvalue weighted by Crippen LogP contribution is -2.36. The Balaban J connectivity index is 2.10. The van der Waals surface area contributed by atoms with Crippen LogP contribution in [-0.2, 0) is 0 Å². The van der Waals surface area contributed by atoms with Crippen molar-refractivity contribution in [3.63, 3.8) is 0 Å². The molecule has 2 heterocycles. The molecule has 14 heavy (non-hydrogen) atoms. The Labute approximate surface area is 82.6 Å². The minimum Gasteiger partial charge on any atom is -0.339 e. The van der Waals surface area contributed by atoms with Gasteiger partial charge in [-0.25, -0.2) is 10.9 Å². The predicted molar refractivity (Wildman–Crippen MR) is 56.6 cm³/mol. The van der Waals surface area contributed by atoms with E-state index in [1.165, 1.54) is 5.69 Å². The maximum atomic E-state index is 4.43. The van der Waals surface area contributed by atoms with E-state index in [9.17, 15) is 0 Å². The minimum absolute atomic E-state index is 0.336. The second-order valence-electron chi connectivity index (χ2n) is 3.50. The molecular weight excluding hydrogens is 176 g/mol. The van der Waals surface area contributed by atoms with Crippen molar-refractivity contribution in [1.82, 2.24) is 10.9 Å². The highest BCUT2D eigenvalue weighted by Gasteiger charge is 2.26. The van der Waals surface area contributed by atoms with Crippen LogP contribution < -0.4 is 15.8 Å². The van der Waals surface area contributed by atoms with E-state index in [0.717, 1.165) is 18.8 Å². The molecule has 1 fully saturated rings. The van der Waals surface area contributed by atoms with E-state index in [0.29, 0.717) is 6.17 Å². The Hall–Kier alpha value is -1.39. The van der Waals surface area contributed by atoms with Crippen molar-refractivity contribution < 1.29 is 0 Å². The first kappa shape index (κ1) is 7.96. The van der Waals surface area contributed by atoms with E-state index in [4.69, 9.17) is 0 Å². The van der Waals surface area contributed by atoms with Gasteiger partial charge in [0.15, 0.2) is 0 Å². The molecule has 4 nitrogen and oxygen atoms in total. The first-order chi connectivity index (χ1) is 6.95. The fourth-order valence-electron chi connectivity index (χ4n) is 1.94. The van der Waals surface area contributed by atoms with Gasteiger partial charge in [0.05, 0.1) is 24.2 Å². The van der Waals surface area contributed by atoms with Gasteiger partial charge < -0.3 is 4.90 Å². The smallest absolute Gasteiger partial charge is 0.0985 e. The summed E-state index contributed by atoms with van der Waals surface area (Å²) in [6, 6.07) is 8.23. The van der Waals surface area contributed by atoms with Crippen molar-refractivity contribution >= 4 is 17.6 Å². The second kappa shape index (κ2) is 3.08. The normalized spacial score (nSPS) is 24.3. The molecule has 3 rings (SSSR count). The van der Waals surface area contributed by atoms with E-state index in [1.54, 1.807) is 0 Å². The van der Waals surface area contributed by atoms with Crippen molar-refractivity contribution in [2.75, 3.05) is 11.6 Å². The number of anilines is 1. The summed E-state index contributed by atoms with van der Waals surface area (Å²) >= 11 is 0. The molecule has 72 valence electrons. The third kappa shape index (κ3) is 1.12. The van der Waals surface area contributed by atoms with Crippen LogP contribution in [0.5, 0.6) is 0 Å². The molecule has 1 aromatic carbocycles. The number of para-hydroxylation sites is 2. The third-order valence-electron chi connectivity index (χ3n) is 2.64. The Bertz CT molecular complexity index is 374. The number of benzene rings is 1. The highest BCUT2D eigenvalue weighted by molar-refractivity contribution is 5.76. The summed E-state index contributed by atoms with van der Waals surface area (Å²) in [6.07, 6.45) is 3.24. The van der Waals surface area contributed by atoms with Crippen LogP contribution in [0.25, 0.3) is 0 Å². The van der Waals surface area contributed by atoms with Gasteiger partial charge in [-0.1, -0.05) is 12.1 Å². The Morgan fingerprint density at radius 2 is 2.29 bits per heavy atom. The van der Waals surface area contributed by atoms with E-state index in [2.05, 4.69) is 32.9 Å². The lowest BCUT2D eigenvalue weighted by molar-refractivity contribution is 0.574. The van der Waals surface area contributed by atoms with Gasteiger partial charge in [-0.15, -0.1) is 0 Å². The fraction of sp³-hybridized carbons (Fsp3) is 0.300. The molecule has 1 saturated heterocycles. The molecule has 4 heteroatoms. The van der Waals surface area contributed by atoms with Crippen molar-refractivity contribution in [2.45, 2.75) is 12.6 Å². The zero-order chi connectivity index (χ0) is 9.38. The summed E-state index contributed by atoms with van der Waals surface area (Å²) in [6.45, 7) is 0.838. The van der Waals surface area contributed by atoms with Gasteiger partial charge in [-0.05, 0) is 12.1 Å². The molecule has 1 aromatic rings. The summed E-state index contributed by atoms with van der Waals surface area (Å²) in [7, 11) is 0. The highest BCUT2D eigenvalue weighted by Crippen LogP contribution is 2.31. The summed E-state index contributed by atoms with van der Waals surface area (Å²) in [5.74, 6) is 0. The van der Waals surface area contributed by atoms with Gasteiger partial charge in [0.25, 0.3) is 0 Å². The fourth-order valence-corrected chi connectivity index (χ4v) is 1.94. The number of nitrogens with one attached hydrogen (secondary N) is 2. The number of hydrogen-bond acceptors (Lipinski definition) is 4. The lowest BCUT2D eigenvalue weighted by Gasteiger charge is -2.22. The molecule has 2 N–H and O–H groups in total. The Morgan fingerprint density at radius 3 is 3.29 bits per heavy atom. The molecule has 1 unspecified atom stereocenters. The summed E-state index contributed by atoms with van der Waals surface area (Å²) in [4.78, 5) is 6.73. The van der Waals surface area contributed by atoms with Crippen molar-refractivity contribution in [1.29, 1.82) is 0 Å². The molecule has 0 saturated carbocycles. The first-order valence-corrected chi connectivity index (χ1v) is 4.82. The topological polar surface area (TPSA) is 39.7 Å². The van der Waals surface area contributed by atoms with Crippen LogP contribution in [0.3, 0.4) is 0 Å². The van der Waals surface area contributed by atoms with Gasteiger partial charge in [-0.2, -0.15) is 0 Å². The lowest BCUT2D eigenvalue weighted by atomic mass is 10.2. The summed E-state index contributed by atoms with van der Waals surface area (Å²) in [5.41, 5.74) is 8.63. The zero-order valence-electron chi connectivity index (χ0n) is 7.77. The van der Waals surface area contributed by atoms with Crippen LogP contribution in [0.15, 0.2) is 29.3 Å². The van der Waals surface area contributed by atoms with Gasteiger partial charge in [-0.3, -0.25) is 4.99 Å². The third-order valence-corrected chi connectivity index (χ3v) is 2.64. The molecule has 0 spiro atoms. The number of fused-ring (bicyclic) bond motifs is 3. The largest absolute Gasteiger partial charge is 0.339 e. The van der Waals surface area contributed by atoms with Crippen LogP contribution in [0, 0.1) is 0 Å². The number of hydrazine groups is 1. The van der Waals surface area contributed by atoms with Crippen LogP contribution in [0.4, 0.5) is 11.4 Å². The standard InChI is InChI=1S/C10H12N4/c1-2-4-9-8(3-1)11-6-5-10-13-12-7-14(9)10/h1-4,6,10,12-13H,5,7H2. The van der Waals surface area contributed by atoms with Crippen LogP contribution in [0.1, 0.15) is 6.42 Å². The molecule has 2 aliphatic rings. The highest BCUT2D eigenvalue weighted by atomic mass is 15.6. The predicted octanol–water partition coefficient (Wildman–Crippen LogP) is 0.990. The van der Waals surface area contributed by atoms with Gasteiger partial charge in [0, 0.05) is 12.6 Å². The average Bonchev–Trinajstić information content (AvgIpc) is 2.61. The van der Waals surface area contributed by atoms with E-state index >= 15 is 0 Å². The summed E-state index contributed by atoms with van der Waals surface area (Å²) < 4.78 is 0. The molecule has 2 aliphatic heterocycles. The van der Waals surface area contributed by atoms with Crippen molar-refractivity contribution in [3.05, 3.63) is 24.3 Å². The Morgan fingerprint density at radius 1 is 1.36 bits per heavy atom. The number of nitrogens with zero attached hydrogens (tertiary/aromatic N) is 2. The maximum absolute atomic E-state index is 4.43. The van der Waals surface area contributed by atoms with E-state index in [1.807, 2.05) is 18.3 Å². The van der Waals surface area contributed by atoms with E-state index < -0.39 is 0 Å². The van der Waals surface area contributed by atoms with Gasteiger partial charge in [0.2, 0.25) is 0 Å². The number of aliphatic imine (C=N–C) groups is 1. The Kier molecular flexibility index (Phi) is 1.75. The molecular formula is C10H12N4. The number of hydrogen-bond donors (Lipinski definition) is 2.